The van der Waals surface area contributed by atoms with Crippen LogP contribution in [-0.2, 0) is 6.54 Å². The molecule has 0 saturated carbocycles. The van der Waals surface area contributed by atoms with Crippen molar-refractivity contribution < 1.29 is 0 Å². The van der Waals surface area contributed by atoms with E-state index in [9.17, 15) is 0 Å². The first-order valence-corrected chi connectivity index (χ1v) is 6.02. The van der Waals surface area contributed by atoms with Gasteiger partial charge in [0.2, 0.25) is 0 Å². The van der Waals surface area contributed by atoms with E-state index in [4.69, 9.17) is 0 Å². The quantitative estimate of drug-likeness (QED) is 0.853. The highest BCUT2D eigenvalue weighted by Crippen LogP contribution is 2.17. The SMILES string of the molecule is Cc1nn(C(C)C)c(C)c1CNC(C)(C)C. The van der Waals surface area contributed by atoms with Crippen LogP contribution in [0.5, 0.6) is 0 Å². The molecule has 1 rings (SSSR count). The highest BCUT2D eigenvalue weighted by molar-refractivity contribution is 5.24. The highest BCUT2D eigenvalue weighted by atomic mass is 15.3. The molecule has 16 heavy (non-hydrogen) atoms. The van der Waals surface area contributed by atoms with Gasteiger partial charge in [0.1, 0.15) is 0 Å². The van der Waals surface area contributed by atoms with Crippen LogP contribution in [0.3, 0.4) is 0 Å². The van der Waals surface area contributed by atoms with E-state index in [1.165, 1.54) is 11.3 Å². The molecule has 1 aromatic heterocycles. The van der Waals surface area contributed by atoms with Crippen LogP contribution in [0.25, 0.3) is 0 Å². The predicted molar refractivity (Wildman–Crippen MR) is 68.7 cm³/mol. The van der Waals surface area contributed by atoms with E-state index in [1.807, 2.05) is 0 Å². The Morgan fingerprint density at radius 1 is 1.25 bits per heavy atom. The minimum atomic E-state index is 0.152. The lowest BCUT2D eigenvalue weighted by molar-refractivity contribution is 0.422. The zero-order valence-corrected chi connectivity index (χ0v) is 11.7. The monoisotopic (exact) mass is 223 g/mol. The number of nitrogens with one attached hydrogen (secondary N) is 1. The number of hydrogen-bond acceptors (Lipinski definition) is 2. The highest BCUT2D eigenvalue weighted by Gasteiger charge is 2.15. The summed E-state index contributed by atoms with van der Waals surface area (Å²) in [4.78, 5) is 0. The average Bonchev–Trinajstić information content (AvgIpc) is 2.38. The van der Waals surface area contributed by atoms with Crippen LogP contribution in [0.4, 0.5) is 0 Å². The van der Waals surface area contributed by atoms with Gasteiger partial charge in [-0.1, -0.05) is 0 Å². The van der Waals surface area contributed by atoms with E-state index >= 15 is 0 Å². The molecule has 92 valence electrons. The summed E-state index contributed by atoms with van der Waals surface area (Å²) in [7, 11) is 0. The van der Waals surface area contributed by atoms with Crippen LogP contribution < -0.4 is 5.32 Å². The number of hydrogen-bond donors (Lipinski definition) is 1. The van der Waals surface area contributed by atoms with Crippen molar-refractivity contribution in [3.63, 3.8) is 0 Å². The van der Waals surface area contributed by atoms with Crippen molar-refractivity contribution in [1.82, 2.24) is 15.1 Å². The lowest BCUT2D eigenvalue weighted by Gasteiger charge is -2.20. The Balaban J connectivity index is 2.89. The van der Waals surface area contributed by atoms with Crippen molar-refractivity contribution >= 4 is 0 Å². The van der Waals surface area contributed by atoms with Gasteiger partial charge >= 0.3 is 0 Å². The molecule has 0 amide bonds. The fourth-order valence-corrected chi connectivity index (χ4v) is 1.81. The van der Waals surface area contributed by atoms with E-state index in [1.54, 1.807) is 0 Å². The topological polar surface area (TPSA) is 29.9 Å². The number of nitrogens with zero attached hydrogens (tertiary/aromatic N) is 2. The second kappa shape index (κ2) is 4.58. The van der Waals surface area contributed by atoms with Crippen molar-refractivity contribution in [2.75, 3.05) is 0 Å². The van der Waals surface area contributed by atoms with Gasteiger partial charge in [0.15, 0.2) is 0 Å². The van der Waals surface area contributed by atoms with Gasteiger partial charge in [-0.15, -0.1) is 0 Å². The van der Waals surface area contributed by atoms with Gasteiger partial charge in [-0.25, -0.2) is 0 Å². The van der Waals surface area contributed by atoms with Gasteiger partial charge in [-0.2, -0.15) is 5.10 Å². The van der Waals surface area contributed by atoms with Crippen LogP contribution in [0, 0.1) is 13.8 Å². The van der Waals surface area contributed by atoms with Crippen LogP contribution in [0.1, 0.15) is 57.6 Å². The van der Waals surface area contributed by atoms with E-state index in [2.05, 4.69) is 63.6 Å². The number of aryl methyl sites for hydroxylation is 1. The van der Waals surface area contributed by atoms with E-state index < -0.39 is 0 Å². The van der Waals surface area contributed by atoms with Gasteiger partial charge in [-0.05, 0) is 48.5 Å². The Kier molecular flexibility index (Phi) is 3.79. The summed E-state index contributed by atoms with van der Waals surface area (Å²) in [5.41, 5.74) is 3.91. The molecule has 0 unspecified atom stereocenters. The molecule has 0 aliphatic heterocycles. The van der Waals surface area contributed by atoms with Gasteiger partial charge in [0.05, 0.1) is 5.69 Å². The fraction of sp³-hybridized carbons (Fsp3) is 0.769. The minimum absolute atomic E-state index is 0.152. The van der Waals surface area contributed by atoms with Gasteiger partial charge in [0.25, 0.3) is 0 Å². The third-order valence-corrected chi connectivity index (χ3v) is 2.76. The Labute approximate surface area is 99.2 Å². The summed E-state index contributed by atoms with van der Waals surface area (Å²) in [6.07, 6.45) is 0. The maximum absolute atomic E-state index is 4.59. The first kappa shape index (κ1) is 13.2. The molecule has 0 aliphatic rings. The lowest BCUT2D eigenvalue weighted by atomic mass is 10.1. The first-order valence-electron chi connectivity index (χ1n) is 6.02. The van der Waals surface area contributed by atoms with Crippen molar-refractivity contribution in [1.29, 1.82) is 0 Å². The van der Waals surface area contributed by atoms with Crippen molar-refractivity contribution in [3.8, 4) is 0 Å². The third kappa shape index (κ3) is 3.08. The largest absolute Gasteiger partial charge is 0.308 e. The summed E-state index contributed by atoms with van der Waals surface area (Å²) < 4.78 is 2.11. The molecule has 0 bridgehead atoms. The smallest absolute Gasteiger partial charge is 0.0641 e. The molecule has 0 aromatic carbocycles. The Morgan fingerprint density at radius 2 is 1.81 bits per heavy atom. The van der Waals surface area contributed by atoms with Crippen LogP contribution in [0.2, 0.25) is 0 Å². The molecular weight excluding hydrogens is 198 g/mol. The van der Waals surface area contributed by atoms with Crippen LogP contribution in [-0.4, -0.2) is 15.3 Å². The molecule has 0 aliphatic carbocycles. The summed E-state index contributed by atoms with van der Waals surface area (Å²) in [6, 6.07) is 0.432. The van der Waals surface area contributed by atoms with E-state index in [0.717, 1.165) is 12.2 Å². The van der Waals surface area contributed by atoms with E-state index in [-0.39, 0.29) is 5.54 Å². The first-order chi connectivity index (χ1) is 7.22. The molecule has 0 atom stereocenters. The van der Waals surface area contributed by atoms with Crippen molar-refractivity contribution in [2.24, 2.45) is 0 Å². The molecule has 0 spiro atoms. The fourth-order valence-electron chi connectivity index (χ4n) is 1.81. The molecule has 0 fully saturated rings. The summed E-state index contributed by atoms with van der Waals surface area (Å²) in [5, 5.41) is 8.11. The third-order valence-electron chi connectivity index (χ3n) is 2.76. The summed E-state index contributed by atoms with van der Waals surface area (Å²) in [6.45, 7) is 16.0. The molecule has 1 heterocycles. The second-order valence-corrected chi connectivity index (χ2v) is 5.79. The molecule has 0 saturated heterocycles. The average molecular weight is 223 g/mol. The normalized spacial score (nSPS) is 12.5. The van der Waals surface area contributed by atoms with E-state index in [0.29, 0.717) is 6.04 Å². The van der Waals surface area contributed by atoms with Crippen molar-refractivity contribution in [3.05, 3.63) is 17.0 Å². The molecule has 0 radical (unpaired) electrons. The molecule has 3 nitrogen and oxygen atoms in total. The second-order valence-electron chi connectivity index (χ2n) is 5.79. The summed E-state index contributed by atoms with van der Waals surface area (Å²) in [5.74, 6) is 0. The zero-order valence-electron chi connectivity index (χ0n) is 11.7. The zero-order chi connectivity index (χ0) is 12.5. The van der Waals surface area contributed by atoms with Crippen LogP contribution >= 0.6 is 0 Å². The molecule has 3 heteroatoms. The van der Waals surface area contributed by atoms with Gasteiger partial charge in [0, 0.05) is 29.4 Å². The molecular formula is C13H25N3. The minimum Gasteiger partial charge on any atom is -0.308 e. The Bertz CT molecular complexity index is 356. The van der Waals surface area contributed by atoms with Crippen molar-refractivity contribution in [2.45, 2.75) is 66.6 Å². The Hall–Kier alpha value is -0.830. The number of aromatic nitrogens is 2. The molecule has 1 N–H and O–H groups in total. The van der Waals surface area contributed by atoms with Gasteiger partial charge in [-0.3, -0.25) is 4.68 Å². The summed E-state index contributed by atoms with van der Waals surface area (Å²) >= 11 is 0. The lowest BCUT2D eigenvalue weighted by Crippen LogP contribution is -2.35. The maximum Gasteiger partial charge on any atom is 0.0641 e. The number of rotatable bonds is 3. The predicted octanol–water partition coefficient (Wildman–Crippen LogP) is 2.97. The standard InChI is InChI=1S/C13H25N3/c1-9(2)16-11(4)12(10(3)15-16)8-14-13(5,6)7/h9,14H,8H2,1-7H3. The van der Waals surface area contributed by atoms with Gasteiger partial charge < -0.3 is 5.32 Å². The maximum atomic E-state index is 4.59. The van der Waals surface area contributed by atoms with Crippen LogP contribution in [0.15, 0.2) is 0 Å². The Morgan fingerprint density at radius 3 is 2.19 bits per heavy atom. The molecule has 1 aromatic rings.